The van der Waals surface area contributed by atoms with E-state index in [-0.39, 0.29) is 12.4 Å². The number of benzene rings is 2. The summed E-state index contributed by atoms with van der Waals surface area (Å²) in [6, 6.07) is 16.6. The van der Waals surface area contributed by atoms with E-state index in [0.29, 0.717) is 19.1 Å². The van der Waals surface area contributed by atoms with Gasteiger partial charge in [-0.2, -0.15) is 0 Å². The topological polar surface area (TPSA) is 32.7 Å². The van der Waals surface area contributed by atoms with Gasteiger partial charge in [-0.25, -0.2) is 0 Å². The molecule has 0 saturated heterocycles. The van der Waals surface area contributed by atoms with Crippen molar-refractivity contribution < 1.29 is 9.84 Å². The Labute approximate surface area is 157 Å². The zero-order valence-corrected chi connectivity index (χ0v) is 15.8. The second-order valence-corrected chi connectivity index (χ2v) is 6.64. The van der Waals surface area contributed by atoms with E-state index < -0.39 is 6.10 Å². The van der Waals surface area contributed by atoms with E-state index in [9.17, 15) is 5.11 Å². The van der Waals surface area contributed by atoms with E-state index in [1.54, 1.807) is 0 Å². The Morgan fingerprint density at radius 2 is 1.84 bits per heavy atom. The lowest BCUT2D eigenvalue weighted by Crippen LogP contribution is -2.34. The van der Waals surface area contributed by atoms with Crippen molar-refractivity contribution in [1.29, 1.82) is 0 Å². The zero-order valence-electron chi connectivity index (χ0n) is 15.0. The van der Waals surface area contributed by atoms with E-state index >= 15 is 0 Å². The Kier molecular flexibility index (Phi) is 7.15. The first-order valence-electron chi connectivity index (χ1n) is 8.91. The lowest BCUT2D eigenvalue weighted by atomic mass is 9.98. The molecular formula is C21H28ClNO2. The first-order chi connectivity index (χ1) is 11.7. The third-order valence-corrected chi connectivity index (χ3v) is 4.91. The van der Waals surface area contributed by atoms with Crippen molar-refractivity contribution in [2.24, 2.45) is 0 Å². The van der Waals surface area contributed by atoms with Gasteiger partial charge in [-0.3, -0.25) is 0 Å². The first kappa shape index (κ1) is 19.6. The summed E-state index contributed by atoms with van der Waals surface area (Å²) in [5.41, 5.74) is 3.84. The molecule has 2 aromatic rings. The third kappa shape index (κ3) is 4.68. The third-order valence-electron chi connectivity index (χ3n) is 4.91. The molecule has 0 radical (unpaired) electrons. The molecule has 1 N–H and O–H groups in total. The molecule has 2 atom stereocenters. The van der Waals surface area contributed by atoms with Gasteiger partial charge in [0.1, 0.15) is 18.5 Å². The number of hydrogen-bond donors (Lipinski definition) is 1. The molecule has 0 bridgehead atoms. The van der Waals surface area contributed by atoms with Crippen LogP contribution in [0.4, 0.5) is 5.69 Å². The van der Waals surface area contributed by atoms with Gasteiger partial charge >= 0.3 is 0 Å². The lowest BCUT2D eigenvalue weighted by molar-refractivity contribution is 0.112. The van der Waals surface area contributed by atoms with Crippen LogP contribution < -0.4 is 9.64 Å². The van der Waals surface area contributed by atoms with Gasteiger partial charge in [-0.1, -0.05) is 50.2 Å². The first-order valence-corrected chi connectivity index (χ1v) is 8.91. The highest BCUT2D eigenvalue weighted by Gasteiger charge is 2.21. The molecule has 0 spiro atoms. The van der Waals surface area contributed by atoms with Gasteiger partial charge in [-0.05, 0) is 42.0 Å². The Morgan fingerprint density at radius 1 is 1.12 bits per heavy atom. The minimum absolute atomic E-state index is 0. The Bertz CT molecular complexity index is 676. The Morgan fingerprint density at radius 3 is 2.64 bits per heavy atom. The summed E-state index contributed by atoms with van der Waals surface area (Å²) in [6.45, 7) is 6.30. The van der Waals surface area contributed by atoms with E-state index in [2.05, 4.69) is 49.1 Å². The quantitative estimate of drug-likeness (QED) is 0.792. The maximum absolute atomic E-state index is 10.4. The number of hydrogen-bond acceptors (Lipinski definition) is 3. The second-order valence-electron chi connectivity index (χ2n) is 6.64. The molecule has 0 aromatic heterocycles. The monoisotopic (exact) mass is 361 g/mol. The predicted octanol–water partition coefficient (Wildman–Crippen LogP) is 4.42. The zero-order chi connectivity index (χ0) is 16.9. The Hall–Kier alpha value is -1.71. The van der Waals surface area contributed by atoms with Crippen molar-refractivity contribution in [3.8, 4) is 5.75 Å². The number of aliphatic hydroxyl groups excluding tert-OH is 1. The molecule has 1 aliphatic rings. The summed E-state index contributed by atoms with van der Waals surface area (Å²) in [5.74, 6) is 1.36. The summed E-state index contributed by atoms with van der Waals surface area (Å²) >= 11 is 0. The van der Waals surface area contributed by atoms with Gasteiger partial charge in [0, 0.05) is 18.8 Å². The predicted molar refractivity (Wildman–Crippen MR) is 106 cm³/mol. The van der Waals surface area contributed by atoms with Gasteiger partial charge in [0.2, 0.25) is 0 Å². The average molecular weight is 362 g/mol. The van der Waals surface area contributed by atoms with Crippen LogP contribution in [0.25, 0.3) is 0 Å². The van der Waals surface area contributed by atoms with E-state index in [4.69, 9.17) is 4.74 Å². The van der Waals surface area contributed by atoms with E-state index in [1.165, 1.54) is 16.8 Å². The van der Waals surface area contributed by atoms with Crippen LogP contribution in [0.3, 0.4) is 0 Å². The standard InChI is InChI=1S/C21H27NO2.ClH/c1-3-16(2)19-9-5-7-11-21(19)24-15-18(23)14-22-13-12-17-8-4-6-10-20(17)22;/h4-11,16,18,23H,3,12-15H2,1-2H3;1H. The summed E-state index contributed by atoms with van der Waals surface area (Å²) in [6.07, 6.45) is 1.63. The molecular weight excluding hydrogens is 334 g/mol. The molecule has 0 amide bonds. The number of rotatable bonds is 7. The molecule has 136 valence electrons. The number of aliphatic hydroxyl groups is 1. The van der Waals surface area contributed by atoms with Crippen molar-refractivity contribution in [3.05, 3.63) is 59.7 Å². The van der Waals surface area contributed by atoms with Crippen LogP contribution in [-0.4, -0.2) is 30.9 Å². The number of anilines is 1. The molecule has 3 rings (SSSR count). The fourth-order valence-electron chi connectivity index (χ4n) is 3.33. The van der Waals surface area contributed by atoms with Crippen LogP contribution in [0, 0.1) is 0 Å². The minimum Gasteiger partial charge on any atom is -0.491 e. The lowest BCUT2D eigenvalue weighted by Gasteiger charge is -2.24. The fraction of sp³-hybridized carbons (Fsp3) is 0.429. The molecule has 4 heteroatoms. The highest BCUT2D eigenvalue weighted by atomic mass is 35.5. The van der Waals surface area contributed by atoms with Crippen molar-refractivity contribution >= 4 is 18.1 Å². The van der Waals surface area contributed by atoms with Crippen LogP contribution in [0.2, 0.25) is 0 Å². The van der Waals surface area contributed by atoms with Crippen LogP contribution in [-0.2, 0) is 6.42 Å². The van der Waals surface area contributed by atoms with Crippen molar-refractivity contribution in [2.75, 3.05) is 24.6 Å². The summed E-state index contributed by atoms with van der Waals surface area (Å²) in [7, 11) is 0. The van der Waals surface area contributed by atoms with E-state index in [0.717, 1.165) is 25.1 Å². The molecule has 25 heavy (non-hydrogen) atoms. The largest absolute Gasteiger partial charge is 0.491 e. The van der Waals surface area contributed by atoms with Crippen LogP contribution >= 0.6 is 12.4 Å². The minimum atomic E-state index is -0.499. The van der Waals surface area contributed by atoms with Gasteiger partial charge in [-0.15, -0.1) is 12.4 Å². The van der Waals surface area contributed by atoms with Crippen LogP contribution in [0.15, 0.2) is 48.5 Å². The van der Waals surface area contributed by atoms with Crippen LogP contribution in [0.1, 0.15) is 37.3 Å². The van der Waals surface area contributed by atoms with Crippen molar-refractivity contribution in [3.63, 3.8) is 0 Å². The van der Waals surface area contributed by atoms with E-state index in [1.807, 2.05) is 18.2 Å². The van der Waals surface area contributed by atoms with Gasteiger partial charge < -0.3 is 14.7 Å². The number of para-hydroxylation sites is 2. The molecule has 3 nitrogen and oxygen atoms in total. The highest BCUT2D eigenvalue weighted by molar-refractivity contribution is 5.85. The number of ether oxygens (including phenoxy) is 1. The summed E-state index contributed by atoms with van der Waals surface area (Å²) < 4.78 is 5.94. The average Bonchev–Trinajstić information content (AvgIpc) is 3.02. The Balaban J connectivity index is 0.00000225. The van der Waals surface area contributed by atoms with Crippen LogP contribution in [0.5, 0.6) is 5.75 Å². The maximum Gasteiger partial charge on any atom is 0.122 e. The summed E-state index contributed by atoms with van der Waals surface area (Å²) in [4.78, 5) is 2.25. The van der Waals surface area contributed by atoms with Crippen molar-refractivity contribution in [2.45, 2.75) is 38.7 Å². The number of β-amino-alcohol motifs (C(OH)–C–C–N with tert-alkyl or cyclic N) is 1. The highest BCUT2D eigenvalue weighted by Crippen LogP contribution is 2.29. The molecule has 1 aliphatic heterocycles. The molecule has 2 aromatic carbocycles. The SMILES string of the molecule is CCC(C)c1ccccc1OCC(O)CN1CCc2ccccc21.Cl. The van der Waals surface area contributed by atoms with Gasteiger partial charge in [0.15, 0.2) is 0 Å². The number of fused-ring (bicyclic) bond motifs is 1. The molecule has 0 saturated carbocycles. The normalized spacial score (nSPS) is 15.2. The second kappa shape index (κ2) is 9.12. The van der Waals surface area contributed by atoms with Gasteiger partial charge in [0.05, 0.1) is 0 Å². The number of halogens is 1. The molecule has 1 heterocycles. The molecule has 0 fully saturated rings. The van der Waals surface area contributed by atoms with Crippen molar-refractivity contribution in [1.82, 2.24) is 0 Å². The fourth-order valence-corrected chi connectivity index (χ4v) is 3.33. The molecule has 2 unspecified atom stereocenters. The maximum atomic E-state index is 10.4. The van der Waals surface area contributed by atoms with Gasteiger partial charge in [0.25, 0.3) is 0 Å². The number of nitrogens with zero attached hydrogens (tertiary/aromatic N) is 1. The smallest absolute Gasteiger partial charge is 0.122 e. The summed E-state index contributed by atoms with van der Waals surface area (Å²) in [5, 5.41) is 10.4. The molecule has 0 aliphatic carbocycles.